The Labute approximate surface area is 123 Å². The van der Waals surface area contributed by atoms with Gasteiger partial charge in [-0.15, -0.1) is 0 Å². The second kappa shape index (κ2) is 7.99. The topological polar surface area (TPSA) is 58.4 Å². The molecule has 0 radical (unpaired) electrons. The molecule has 2 aliphatic rings. The molecule has 0 spiro atoms. The van der Waals surface area contributed by atoms with Crippen molar-refractivity contribution in [2.45, 2.75) is 57.9 Å². The molecule has 4 heteroatoms. The number of nitrogens with zero attached hydrogens (tertiary/aromatic N) is 1. The van der Waals surface area contributed by atoms with Gasteiger partial charge in [-0.2, -0.15) is 0 Å². The van der Waals surface area contributed by atoms with Crippen LogP contribution >= 0.6 is 0 Å². The Kier molecular flexibility index (Phi) is 6.30. The highest BCUT2D eigenvalue weighted by atomic mass is 16.1. The Morgan fingerprint density at radius 3 is 2.55 bits per heavy atom. The van der Waals surface area contributed by atoms with E-state index in [1.165, 1.54) is 25.9 Å². The number of amides is 1. The normalized spacial score (nSPS) is 29.3. The Bertz CT molecular complexity index is 294. The number of carbonyl (C=O) groups excluding carboxylic acids is 1. The predicted octanol–water partition coefficient (Wildman–Crippen LogP) is 1.74. The van der Waals surface area contributed by atoms with Crippen LogP contribution in [-0.4, -0.2) is 43.0 Å². The SMILES string of the molecule is CC(CNC(=O)CC1CCC(N)CC1)CN1CCCC1. The van der Waals surface area contributed by atoms with Crippen molar-refractivity contribution in [1.82, 2.24) is 10.2 Å². The molecular formula is C16H31N3O. The minimum absolute atomic E-state index is 0.235. The molecule has 1 aliphatic heterocycles. The summed E-state index contributed by atoms with van der Waals surface area (Å²) in [6, 6.07) is 0.370. The molecular weight excluding hydrogens is 250 g/mol. The van der Waals surface area contributed by atoms with Gasteiger partial charge in [0.25, 0.3) is 0 Å². The third-order valence-electron chi connectivity index (χ3n) is 4.78. The summed E-state index contributed by atoms with van der Waals surface area (Å²) in [6.07, 6.45) is 7.79. The fraction of sp³-hybridized carbons (Fsp3) is 0.938. The summed E-state index contributed by atoms with van der Waals surface area (Å²) in [5.41, 5.74) is 5.90. The fourth-order valence-electron chi connectivity index (χ4n) is 3.49. The lowest BCUT2D eigenvalue weighted by atomic mass is 9.84. The Balaban J connectivity index is 1.57. The first kappa shape index (κ1) is 15.8. The summed E-state index contributed by atoms with van der Waals surface area (Å²) >= 11 is 0. The van der Waals surface area contributed by atoms with Crippen LogP contribution in [0.5, 0.6) is 0 Å². The van der Waals surface area contributed by atoms with Crippen molar-refractivity contribution in [2.24, 2.45) is 17.6 Å². The van der Waals surface area contributed by atoms with Gasteiger partial charge in [-0.25, -0.2) is 0 Å². The number of rotatable bonds is 6. The number of nitrogens with two attached hydrogens (primary N) is 1. The molecule has 1 unspecified atom stereocenters. The van der Waals surface area contributed by atoms with E-state index < -0.39 is 0 Å². The molecule has 1 aliphatic carbocycles. The minimum atomic E-state index is 0.235. The van der Waals surface area contributed by atoms with E-state index in [0.717, 1.165) is 38.8 Å². The van der Waals surface area contributed by atoms with E-state index in [1.807, 2.05) is 0 Å². The lowest BCUT2D eigenvalue weighted by molar-refractivity contribution is -0.122. The zero-order valence-corrected chi connectivity index (χ0v) is 12.9. The highest BCUT2D eigenvalue weighted by Gasteiger charge is 2.21. The van der Waals surface area contributed by atoms with Crippen LogP contribution in [-0.2, 0) is 4.79 Å². The quantitative estimate of drug-likeness (QED) is 0.780. The molecule has 0 aromatic rings. The van der Waals surface area contributed by atoms with E-state index in [9.17, 15) is 4.79 Å². The lowest BCUT2D eigenvalue weighted by Gasteiger charge is -2.26. The number of hydrogen-bond donors (Lipinski definition) is 2. The smallest absolute Gasteiger partial charge is 0.220 e. The van der Waals surface area contributed by atoms with Crippen LogP contribution in [0.15, 0.2) is 0 Å². The molecule has 1 heterocycles. The third kappa shape index (κ3) is 5.41. The molecule has 20 heavy (non-hydrogen) atoms. The highest BCUT2D eigenvalue weighted by molar-refractivity contribution is 5.76. The van der Waals surface area contributed by atoms with Gasteiger partial charge in [0.2, 0.25) is 5.91 Å². The molecule has 0 aromatic carbocycles. The average Bonchev–Trinajstić information content (AvgIpc) is 2.92. The number of hydrogen-bond acceptors (Lipinski definition) is 3. The molecule has 0 aromatic heterocycles. The summed E-state index contributed by atoms with van der Waals surface area (Å²) in [5.74, 6) is 1.35. The van der Waals surface area contributed by atoms with Crippen molar-refractivity contribution in [3.05, 3.63) is 0 Å². The summed E-state index contributed by atoms with van der Waals surface area (Å²) in [4.78, 5) is 14.5. The molecule has 116 valence electrons. The summed E-state index contributed by atoms with van der Waals surface area (Å²) < 4.78 is 0. The van der Waals surface area contributed by atoms with Crippen molar-refractivity contribution in [1.29, 1.82) is 0 Å². The van der Waals surface area contributed by atoms with Gasteiger partial charge < -0.3 is 16.0 Å². The van der Waals surface area contributed by atoms with Gasteiger partial charge >= 0.3 is 0 Å². The first-order valence-corrected chi connectivity index (χ1v) is 8.38. The number of nitrogens with one attached hydrogen (secondary N) is 1. The Morgan fingerprint density at radius 1 is 1.25 bits per heavy atom. The molecule has 1 amide bonds. The lowest BCUT2D eigenvalue weighted by Crippen LogP contribution is -2.36. The first-order chi connectivity index (χ1) is 9.63. The molecule has 3 N–H and O–H groups in total. The van der Waals surface area contributed by atoms with Gasteiger partial charge in [0.15, 0.2) is 0 Å². The van der Waals surface area contributed by atoms with Crippen LogP contribution in [0.3, 0.4) is 0 Å². The van der Waals surface area contributed by atoms with Crippen molar-refractivity contribution >= 4 is 5.91 Å². The van der Waals surface area contributed by atoms with E-state index in [-0.39, 0.29) is 5.91 Å². The molecule has 0 bridgehead atoms. The second-order valence-electron chi connectivity index (χ2n) is 6.90. The molecule has 2 rings (SSSR count). The maximum atomic E-state index is 12.0. The molecule has 4 nitrogen and oxygen atoms in total. The summed E-state index contributed by atoms with van der Waals surface area (Å²) in [6.45, 7) is 6.65. The minimum Gasteiger partial charge on any atom is -0.356 e. The van der Waals surface area contributed by atoms with Crippen LogP contribution in [0.25, 0.3) is 0 Å². The van der Waals surface area contributed by atoms with Gasteiger partial charge in [-0.3, -0.25) is 4.79 Å². The average molecular weight is 281 g/mol. The largest absolute Gasteiger partial charge is 0.356 e. The third-order valence-corrected chi connectivity index (χ3v) is 4.78. The summed E-state index contributed by atoms with van der Waals surface area (Å²) in [7, 11) is 0. The fourth-order valence-corrected chi connectivity index (χ4v) is 3.49. The number of likely N-dealkylation sites (tertiary alicyclic amines) is 1. The second-order valence-corrected chi connectivity index (χ2v) is 6.90. The van der Waals surface area contributed by atoms with Gasteiger partial charge in [0.1, 0.15) is 0 Å². The van der Waals surface area contributed by atoms with Crippen LogP contribution in [0.1, 0.15) is 51.9 Å². The van der Waals surface area contributed by atoms with Crippen molar-refractivity contribution in [3.63, 3.8) is 0 Å². The van der Waals surface area contributed by atoms with Crippen LogP contribution in [0.2, 0.25) is 0 Å². The van der Waals surface area contributed by atoms with Gasteiger partial charge in [0, 0.05) is 25.6 Å². The predicted molar refractivity (Wildman–Crippen MR) is 82.4 cm³/mol. The molecule has 1 saturated heterocycles. The maximum Gasteiger partial charge on any atom is 0.220 e. The maximum absolute atomic E-state index is 12.0. The zero-order chi connectivity index (χ0) is 14.4. The van der Waals surface area contributed by atoms with Crippen LogP contribution in [0, 0.1) is 11.8 Å². The molecule has 2 fully saturated rings. The van der Waals surface area contributed by atoms with Crippen molar-refractivity contribution in [3.8, 4) is 0 Å². The van der Waals surface area contributed by atoms with Gasteiger partial charge in [-0.1, -0.05) is 6.92 Å². The van der Waals surface area contributed by atoms with E-state index in [1.54, 1.807) is 0 Å². The molecule has 1 saturated carbocycles. The van der Waals surface area contributed by atoms with E-state index in [2.05, 4.69) is 17.1 Å². The number of carbonyl (C=O) groups is 1. The first-order valence-electron chi connectivity index (χ1n) is 8.38. The Morgan fingerprint density at radius 2 is 1.90 bits per heavy atom. The van der Waals surface area contributed by atoms with Gasteiger partial charge in [0.05, 0.1) is 0 Å². The van der Waals surface area contributed by atoms with Crippen molar-refractivity contribution < 1.29 is 4.79 Å². The van der Waals surface area contributed by atoms with E-state index in [4.69, 9.17) is 5.73 Å². The molecule has 1 atom stereocenters. The Hall–Kier alpha value is -0.610. The van der Waals surface area contributed by atoms with E-state index >= 15 is 0 Å². The van der Waals surface area contributed by atoms with E-state index in [0.29, 0.717) is 24.3 Å². The van der Waals surface area contributed by atoms with Crippen LogP contribution in [0.4, 0.5) is 0 Å². The standard InChI is InChI=1S/C16H31N3O/c1-13(12-19-8-2-3-9-19)11-18-16(20)10-14-4-6-15(17)7-5-14/h13-15H,2-12,17H2,1H3,(H,18,20). The monoisotopic (exact) mass is 281 g/mol. The zero-order valence-electron chi connectivity index (χ0n) is 12.9. The highest BCUT2D eigenvalue weighted by Crippen LogP contribution is 2.25. The van der Waals surface area contributed by atoms with Crippen molar-refractivity contribution in [2.75, 3.05) is 26.2 Å². The van der Waals surface area contributed by atoms with Gasteiger partial charge in [-0.05, 0) is 63.5 Å². The summed E-state index contributed by atoms with van der Waals surface area (Å²) in [5, 5.41) is 3.12. The van der Waals surface area contributed by atoms with Crippen LogP contribution < -0.4 is 11.1 Å².